The molecule has 0 radical (unpaired) electrons. The monoisotopic (exact) mass is 365 g/mol. The third-order valence-electron chi connectivity index (χ3n) is 2.33. The van der Waals surface area contributed by atoms with E-state index in [1.165, 1.54) is 12.3 Å². The van der Waals surface area contributed by atoms with E-state index < -0.39 is 16.0 Å². The number of carboxylic acid groups (broad SMARTS) is 1. The van der Waals surface area contributed by atoms with Gasteiger partial charge in [0.1, 0.15) is 0 Å². The molecule has 0 aliphatic carbocycles. The van der Waals surface area contributed by atoms with Gasteiger partial charge in [-0.3, -0.25) is 0 Å². The SMILES string of the molecule is CS(=O)(=O)n1cc(I)c2cccc(C(=O)O)c21. The number of carbonyl (C=O) groups is 1. The van der Waals surface area contributed by atoms with Crippen molar-refractivity contribution in [1.82, 2.24) is 3.97 Å². The first-order valence-electron chi connectivity index (χ1n) is 4.56. The van der Waals surface area contributed by atoms with Crippen LogP contribution in [-0.4, -0.2) is 29.7 Å². The van der Waals surface area contributed by atoms with Gasteiger partial charge in [0.05, 0.1) is 17.3 Å². The van der Waals surface area contributed by atoms with Crippen LogP contribution in [-0.2, 0) is 10.0 Å². The van der Waals surface area contributed by atoms with Crippen molar-refractivity contribution in [2.45, 2.75) is 0 Å². The lowest BCUT2D eigenvalue weighted by Crippen LogP contribution is -2.11. The maximum Gasteiger partial charge on any atom is 0.337 e. The molecular formula is C10H8INO4S. The van der Waals surface area contributed by atoms with Crippen molar-refractivity contribution < 1.29 is 18.3 Å². The average molecular weight is 365 g/mol. The number of halogens is 1. The molecule has 1 aromatic carbocycles. The standard InChI is InChI=1S/C10H8INO4S/c1-17(15,16)12-5-8(11)6-3-2-4-7(9(6)12)10(13)14/h2-5H,1H3,(H,13,14). The Kier molecular flexibility index (Phi) is 2.90. The van der Waals surface area contributed by atoms with Gasteiger partial charge in [-0.05, 0) is 28.7 Å². The number of aromatic carboxylic acids is 1. The molecule has 5 nitrogen and oxygen atoms in total. The van der Waals surface area contributed by atoms with Gasteiger partial charge in [0.15, 0.2) is 0 Å². The molecule has 0 unspecified atom stereocenters. The van der Waals surface area contributed by atoms with E-state index in [-0.39, 0.29) is 11.1 Å². The Balaban J connectivity index is 3.02. The van der Waals surface area contributed by atoms with Crippen LogP contribution in [0.5, 0.6) is 0 Å². The second kappa shape index (κ2) is 3.98. The largest absolute Gasteiger partial charge is 0.478 e. The minimum absolute atomic E-state index is 0.0177. The summed E-state index contributed by atoms with van der Waals surface area (Å²) < 4.78 is 24.9. The highest BCUT2D eigenvalue weighted by Crippen LogP contribution is 2.27. The van der Waals surface area contributed by atoms with Gasteiger partial charge in [-0.2, -0.15) is 0 Å². The van der Waals surface area contributed by atoms with Crippen LogP contribution < -0.4 is 0 Å². The number of rotatable bonds is 2. The quantitative estimate of drug-likeness (QED) is 0.823. The average Bonchev–Trinajstić information content (AvgIpc) is 2.56. The van der Waals surface area contributed by atoms with Crippen molar-refractivity contribution in [3.8, 4) is 0 Å². The van der Waals surface area contributed by atoms with Gasteiger partial charge in [-0.1, -0.05) is 12.1 Å². The molecule has 2 rings (SSSR count). The van der Waals surface area contributed by atoms with Crippen LogP contribution >= 0.6 is 22.6 Å². The van der Waals surface area contributed by atoms with Gasteiger partial charge < -0.3 is 5.11 Å². The summed E-state index contributed by atoms with van der Waals surface area (Å²) in [6.45, 7) is 0. The fourth-order valence-electron chi connectivity index (χ4n) is 1.64. The zero-order valence-electron chi connectivity index (χ0n) is 8.71. The van der Waals surface area contributed by atoms with E-state index in [9.17, 15) is 13.2 Å². The Labute approximate surface area is 111 Å². The van der Waals surface area contributed by atoms with E-state index in [4.69, 9.17) is 5.11 Å². The van der Waals surface area contributed by atoms with Crippen molar-refractivity contribution in [3.05, 3.63) is 33.5 Å². The number of para-hydroxylation sites is 1. The zero-order valence-corrected chi connectivity index (χ0v) is 11.7. The topological polar surface area (TPSA) is 76.4 Å². The highest BCUT2D eigenvalue weighted by molar-refractivity contribution is 14.1. The summed E-state index contributed by atoms with van der Waals surface area (Å²) in [6, 6.07) is 4.69. The van der Waals surface area contributed by atoms with Crippen LogP contribution in [0.25, 0.3) is 10.9 Å². The van der Waals surface area contributed by atoms with Gasteiger partial charge in [0.25, 0.3) is 0 Å². The molecule has 90 valence electrons. The smallest absolute Gasteiger partial charge is 0.337 e. The fourth-order valence-corrected chi connectivity index (χ4v) is 3.37. The van der Waals surface area contributed by atoms with E-state index in [1.54, 1.807) is 12.1 Å². The van der Waals surface area contributed by atoms with Crippen LogP contribution in [0.2, 0.25) is 0 Å². The van der Waals surface area contributed by atoms with Gasteiger partial charge in [0.2, 0.25) is 10.0 Å². The van der Waals surface area contributed by atoms with Gasteiger partial charge in [0, 0.05) is 15.2 Å². The molecule has 0 fully saturated rings. The molecule has 0 bridgehead atoms. The molecule has 0 saturated carbocycles. The van der Waals surface area contributed by atoms with Crippen LogP contribution in [0.3, 0.4) is 0 Å². The lowest BCUT2D eigenvalue weighted by atomic mass is 10.1. The maximum atomic E-state index is 11.6. The van der Waals surface area contributed by atoms with Crippen molar-refractivity contribution in [2.24, 2.45) is 0 Å². The predicted molar refractivity (Wildman–Crippen MR) is 71.9 cm³/mol. The van der Waals surface area contributed by atoms with E-state index in [0.29, 0.717) is 8.96 Å². The third kappa shape index (κ3) is 2.04. The molecule has 0 atom stereocenters. The van der Waals surface area contributed by atoms with E-state index >= 15 is 0 Å². The molecule has 1 aromatic heterocycles. The molecule has 1 heterocycles. The minimum Gasteiger partial charge on any atom is -0.478 e. The van der Waals surface area contributed by atoms with Gasteiger partial charge in [-0.25, -0.2) is 17.2 Å². The van der Waals surface area contributed by atoms with Crippen molar-refractivity contribution in [1.29, 1.82) is 0 Å². The fraction of sp³-hybridized carbons (Fsp3) is 0.100. The number of benzene rings is 1. The summed E-state index contributed by atoms with van der Waals surface area (Å²) in [6.07, 6.45) is 2.47. The molecule has 0 spiro atoms. The second-order valence-corrected chi connectivity index (χ2v) is 6.56. The molecule has 0 saturated heterocycles. The summed E-state index contributed by atoms with van der Waals surface area (Å²) in [5.41, 5.74) is 0.197. The predicted octanol–water partition coefficient (Wildman–Crippen LogP) is 1.75. The lowest BCUT2D eigenvalue weighted by molar-refractivity contribution is 0.0699. The highest BCUT2D eigenvalue weighted by atomic mass is 127. The minimum atomic E-state index is -3.52. The Hall–Kier alpha value is -1.09. The van der Waals surface area contributed by atoms with Crippen molar-refractivity contribution >= 4 is 49.5 Å². The summed E-state index contributed by atoms with van der Waals surface area (Å²) >= 11 is 1.98. The lowest BCUT2D eigenvalue weighted by Gasteiger charge is -2.04. The summed E-state index contributed by atoms with van der Waals surface area (Å²) in [4.78, 5) is 11.1. The van der Waals surface area contributed by atoms with Gasteiger partial charge >= 0.3 is 5.97 Å². The van der Waals surface area contributed by atoms with Crippen LogP contribution in [0.4, 0.5) is 0 Å². The Morgan fingerprint density at radius 1 is 1.41 bits per heavy atom. The molecule has 2 aromatic rings. The first-order valence-corrected chi connectivity index (χ1v) is 7.48. The third-order valence-corrected chi connectivity index (χ3v) is 4.19. The van der Waals surface area contributed by atoms with Gasteiger partial charge in [-0.15, -0.1) is 0 Å². The highest BCUT2D eigenvalue weighted by Gasteiger charge is 2.19. The molecule has 7 heteroatoms. The van der Waals surface area contributed by atoms with Crippen molar-refractivity contribution in [2.75, 3.05) is 6.26 Å². The Bertz CT molecular complexity index is 717. The number of fused-ring (bicyclic) bond motifs is 1. The van der Waals surface area contributed by atoms with Crippen LogP contribution in [0.1, 0.15) is 10.4 Å². The van der Waals surface area contributed by atoms with Crippen molar-refractivity contribution in [3.63, 3.8) is 0 Å². The molecule has 1 N–H and O–H groups in total. The number of aromatic nitrogens is 1. The molecular weight excluding hydrogens is 357 g/mol. The first kappa shape index (κ1) is 12.4. The number of hydrogen-bond acceptors (Lipinski definition) is 3. The summed E-state index contributed by atoms with van der Waals surface area (Å²) in [5, 5.41) is 9.69. The van der Waals surface area contributed by atoms with E-state index in [2.05, 4.69) is 0 Å². The first-order chi connectivity index (χ1) is 7.82. The Morgan fingerprint density at radius 2 is 2.06 bits per heavy atom. The molecule has 0 amide bonds. The Morgan fingerprint density at radius 3 is 2.59 bits per heavy atom. The van der Waals surface area contributed by atoms with E-state index in [1.807, 2.05) is 22.6 Å². The number of nitrogens with zero attached hydrogens (tertiary/aromatic N) is 1. The molecule has 17 heavy (non-hydrogen) atoms. The molecule has 0 aliphatic heterocycles. The van der Waals surface area contributed by atoms with E-state index in [0.717, 1.165) is 10.2 Å². The normalized spacial score (nSPS) is 11.9. The second-order valence-electron chi connectivity index (χ2n) is 3.54. The number of carboxylic acids is 1. The van der Waals surface area contributed by atoms with Crippen LogP contribution in [0, 0.1) is 3.57 Å². The van der Waals surface area contributed by atoms with Crippen LogP contribution in [0.15, 0.2) is 24.4 Å². The zero-order chi connectivity index (χ0) is 12.8. The summed E-state index contributed by atoms with van der Waals surface area (Å²) in [7, 11) is -3.52. The maximum absolute atomic E-state index is 11.6. The summed E-state index contributed by atoms with van der Waals surface area (Å²) in [5.74, 6) is -1.14. The number of hydrogen-bond donors (Lipinski definition) is 1. The molecule has 0 aliphatic rings.